The van der Waals surface area contributed by atoms with Gasteiger partial charge in [-0.2, -0.15) is 5.10 Å². The van der Waals surface area contributed by atoms with Crippen LogP contribution in [0.15, 0.2) is 0 Å². The molecule has 1 aromatic heterocycles. The molecule has 0 aliphatic carbocycles. The van der Waals surface area contributed by atoms with Crippen LogP contribution in [0.2, 0.25) is 0 Å². The average Bonchev–Trinajstić information content (AvgIpc) is 2.43. The molecule has 3 N–H and O–H groups in total. The Morgan fingerprint density at radius 1 is 1.73 bits per heavy atom. The minimum absolute atomic E-state index is 0.426. The Bertz CT molecular complexity index is 278. The van der Waals surface area contributed by atoms with Crippen molar-refractivity contribution in [1.29, 1.82) is 0 Å². The largest absolute Gasteiger partial charge is 0.382 e. The van der Waals surface area contributed by atoms with Crippen LogP contribution in [0.3, 0.4) is 0 Å². The average molecular weight is 152 g/mol. The highest BCUT2D eigenvalue weighted by atomic mass is 15.2. The number of nitrogens with zero attached hydrogens (tertiary/aromatic N) is 2. The lowest BCUT2D eigenvalue weighted by atomic mass is 10.2. The molecule has 4 heteroatoms. The van der Waals surface area contributed by atoms with E-state index in [9.17, 15) is 0 Å². The Balaban J connectivity index is 2.47. The summed E-state index contributed by atoms with van der Waals surface area (Å²) in [7, 11) is 2.08. The number of nitrogens with two attached hydrogens (primary N) is 1. The molecular formula is C7H12N4. The first-order valence-electron chi connectivity index (χ1n) is 3.73. The van der Waals surface area contributed by atoms with E-state index in [0.29, 0.717) is 11.9 Å². The van der Waals surface area contributed by atoms with Gasteiger partial charge in [-0.05, 0) is 14.0 Å². The lowest BCUT2D eigenvalue weighted by Gasteiger charge is -2.13. The Labute approximate surface area is 65.4 Å². The summed E-state index contributed by atoms with van der Waals surface area (Å²) in [4.78, 5) is 2.24. The summed E-state index contributed by atoms with van der Waals surface area (Å²) in [6.45, 7) is 3.06. The number of anilines is 1. The molecule has 0 spiro atoms. The molecule has 0 aromatic carbocycles. The van der Waals surface area contributed by atoms with Gasteiger partial charge in [-0.3, -0.25) is 10.00 Å². The van der Waals surface area contributed by atoms with Crippen LogP contribution in [0.4, 0.5) is 5.82 Å². The molecule has 2 heterocycles. The van der Waals surface area contributed by atoms with Gasteiger partial charge >= 0.3 is 0 Å². The Kier molecular flexibility index (Phi) is 1.20. The molecule has 1 aliphatic rings. The second-order valence-electron chi connectivity index (χ2n) is 3.09. The summed E-state index contributed by atoms with van der Waals surface area (Å²) >= 11 is 0. The zero-order valence-electron chi connectivity index (χ0n) is 6.76. The quantitative estimate of drug-likeness (QED) is 0.569. The van der Waals surface area contributed by atoms with Crippen LogP contribution in [-0.4, -0.2) is 22.1 Å². The highest BCUT2D eigenvalue weighted by Gasteiger charge is 2.27. The van der Waals surface area contributed by atoms with E-state index < -0.39 is 0 Å². The first-order chi connectivity index (χ1) is 5.20. The molecule has 0 radical (unpaired) electrons. The van der Waals surface area contributed by atoms with Crippen LogP contribution in [0, 0.1) is 0 Å². The highest BCUT2D eigenvalue weighted by molar-refractivity contribution is 5.45. The minimum Gasteiger partial charge on any atom is -0.382 e. The van der Waals surface area contributed by atoms with Crippen molar-refractivity contribution >= 4 is 5.82 Å². The number of nitrogen functional groups attached to an aromatic ring is 1. The SMILES string of the molecule is CC1c2[nH]nc(N)c2CN1C. The van der Waals surface area contributed by atoms with Crippen LogP contribution in [0.1, 0.15) is 24.2 Å². The zero-order valence-corrected chi connectivity index (χ0v) is 6.76. The molecule has 1 atom stereocenters. The minimum atomic E-state index is 0.426. The van der Waals surface area contributed by atoms with E-state index in [0.717, 1.165) is 6.54 Å². The number of aromatic amines is 1. The molecule has 60 valence electrons. The van der Waals surface area contributed by atoms with E-state index >= 15 is 0 Å². The predicted molar refractivity (Wildman–Crippen MR) is 42.9 cm³/mol. The summed E-state index contributed by atoms with van der Waals surface area (Å²) < 4.78 is 0. The lowest BCUT2D eigenvalue weighted by molar-refractivity contribution is 0.281. The van der Waals surface area contributed by atoms with Gasteiger partial charge in [0.25, 0.3) is 0 Å². The molecule has 11 heavy (non-hydrogen) atoms. The van der Waals surface area contributed by atoms with E-state index in [2.05, 4.69) is 29.1 Å². The third-order valence-corrected chi connectivity index (χ3v) is 2.42. The standard InChI is InChI=1S/C7H12N4/c1-4-6-5(3-11(4)2)7(8)10-9-6/h4H,3H2,1-2H3,(H3,8,9,10). The van der Waals surface area contributed by atoms with Crippen molar-refractivity contribution in [3.63, 3.8) is 0 Å². The van der Waals surface area contributed by atoms with Crippen molar-refractivity contribution in [2.75, 3.05) is 12.8 Å². The van der Waals surface area contributed by atoms with Crippen LogP contribution < -0.4 is 5.73 Å². The van der Waals surface area contributed by atoms with E-state index in [1.807, 2.05) is 0 Å². The van der Waals surface area contributed by atoms with Crippen LogP contribution in [0.25, 0.3) is 0 Å². The Hall–Kier alpha value is -1.03. The Morgan fingerprint density at radius 3 is 3.09 bits per heavy atom. The summed E-state index contributed by atoms with van der Waals surface area (Å²) in [6.07, 6.45) is 0. The molecule has 0 saturated heterocycles. The van der Waals surface area contributed by atoms with Crippen LogP contribution in [-0.2, 0) is 6.54 Å². The number of hydrogen-bond donors (Lipinski definition) is 2. The second kappa shape index (κ2) is 1.98. The van der Waals surface area contributed by atoms with Crippen molar-refractivity contribution in [3.05, 3.63) is 11.3 Å². The van der Waals surface area contributed by atoms with Gasteiger partial charge in [0, 0.05) is 18.2 Å². The topological polar surface area (TPSA) is 57.9 Å². The van der Waals surface area contributed by atoms with E-state index in [1.54, 1.807) is 0 Å². The smallest absolute Gasteiger partial charge is 0.150 e. The lowest BCUT2D eigenvalue weighted by Crippen LogP contribution is -2.14. The van der Waals surface area contributed by atoms with Gasteiger partial charge in [-0.15, -0.1) is 0 Å². The first kappa shape index (κ1) is 6.67. The van der Waals surface area contributed by atoms with Gasteiger partial charge in [-0.1, -0.05) is 0 Å². The van der Waals surface area contributed by atoms with Crippen molar-refractivity contribution in [3.8, 4) is 0 Å². The second-order valence-corrected chi connectivity index (χ2v) is 3.09. The fourth-order valence-corrected chi connectivity index (χ4v) is 1.51. The zero-order chi connectivity index (χ0) is 8.01. The monoisotopic (exact) mass is 152 g/mol. The van der Waals surface area contributed by atoms with Crippen molar-refractivity contribution < 1.29 is 0 Å². The van der Waals surface area contributed by atoms with Gasteiger partial charge in [0.1, 0.15) is 5.82 Å². The van der Waals surface area contributed by atoms with Crippen LogP contribution in [0.5, 0.6) is 0 Å². The number of aromatic nitrogens is 2. The van der Waals surface area contributed by atoms with Gasteiger partial charge < -0.3 is 5.73 Å². The van der Waals surface area contributed by atoms with Crippen molar-refractivity contribution in [1.82, 2.24) is 15.1 Å². The number of nitrogens with one attached hydrogen (secondary N) is 1. The maximum atomic E-state index is 5.65. The van der Waals surface area contributed by atoms with E-state index in [1.165, 1.54) is 11.3 Å². The normalized spacial score (nSPS) is 24.0. The van der Waals surface area contributed by atoms with E-state index in [4.69, 9.17) is 5.73 Å². The molecule has 0 amide bonds. The third kappa shape index (κ3) is 0.758. The predicted octanol–water partition coefficient (Wildman–Crippen LogP) is 0.498. The van der Waals surface area contributed by atoms with Crippen molar-refractivity contribution in [2.45, 2.75) is 19.5 Å². The maximum Gasteiger partial charge on any atom is 0.150 e. The highest BCUT2D eigenvalue weighted by Crippen LogP contribution is 2.32. The molecule has 0 saturated carbocycles. The molecule has 1 aromatic rings. The molecular weight excluding hydrogens is 140 g/mol. The maximum absolute atomic E-state index is 5.65. The first-order valence-corrected chi connectivity index (χ1v) is 3.73. The van der Waals surface area contributed by atoms with Gasteiger partial charge in [0.05, 0.1) is 5.69 Å². The number of rotatable bonds is 0. The fourth-order valence-electron chi connectivity index (χ4n) is 1.51. The molecule has 1 aliphatic heterocycles. The number of hydrogen-bond acceptors (Lipinski definition) is 3. The van der Waals surface area contributed by atoms with E-state index in [-0.39, 0.29) is 0 Å². The summed E-state index contributed by atoms with van der Waals surface area (Å²) in [5.74, 6) is 0.649. The molecule has 0 bridgehead atoms. The summed E-state index contributed by atoms with van der Waals surface area (Å²) in [6, 6.07) is 0.426. The Morgan fingerprint density at radius 2 is 2.45 bits per heavy atom. The summed E-state index contributed by atoms with van der Waals surface area (Å²) in [5.41, 5.74) is 7.99. The number of fused-ring (bicyclic) bond motifs is 1. The molecule has 2 rings (SSSR count). The fraction of sp³-hybridized carbons (Fsp3) is 0.571. The van der Waals surface area contributed by atoms with Gasteiger partial charge in [0.15, 0.2) is 0 Å². The van der Waals surface area contributed by atoms with Gasteiger partial charge in [-0.25, -0.2) is 0 Å². The molecule has 0 fully saturated rings. The van der Waals surface area contributed by atoms with Crippen molar-refractivity contribution in [2.24, 2.45) is 0 Å². The third-order valence-electron chi connectivity index (χ3n) is 2.42. The van der Waals surface area contributed by atoms with Crippen LogP contribution >= 0.6 is 0 Å². The number of H-pyrrole nitrogens is 1. The molecule has 4 nitrogen and oxygen atoms in total. The molecule has 1 unspecified atom stereocenters. The summed E-state index contributed by atoms with van der Waals surface area (Å²) in [5, 5.41) is 6.90. The van der Waals surface area contributed by atoms with Gasteiger partial charge in [0.2, 0.25) is 0 Å².